The van der Waals surface area contributed by atoms with Crippen LogP contribution in [0.25, 0.3) is 0 Å². The van der Waals surface area contributed by atoms with Gasteiger partial charge < -0.3 is 5.11 Å². The van der Waals surface area contributed by atoms with E-state index >= 15 is 0 Å². The van der Waals surface area contributed by atoms with Crippen molar-refractivity contribution in [2.75, 3.05) is 6.54 Å². The minimum absolute atomic E-state index is 0.0258. The number of hydrogen-bond donors (Lipinski definition) is 2. The van der Waals surface area contributed by atoms with Crippen LogP contribution in [0.3, 0.4) is 0 Å². The Kier molecular flexibility index (Phi) is 4.80. The number of rotatable bonds is 6. The molecule has 1 atom stereocenters. The van der Waals surface area contributed by atoms with E-state index < -0.39 is 21.9 Å². The molecule has 0 aliphatic heterocycles. The van der Waals surface area contributed by atoms with Crippen molar-refractivity contribution < 1.29 is 18.3 Å². The molecule has 0 spiro atoms. The van der Waals surface area contributed by atoms with Crippen molar-refractivity contribution in [2.45, 2.75) is 18.7 Å². The van der Waals surface area contributed by atoms with Gasteiger partial charge in [0, 0.05) is 18.9 Å². The Hall–Kier alpha value is -1.47. The number of nitrogens with one attached hydrogen (secondary N) is 1. The van der Waals surface area contributed by atoms with Crippen molar-refractivity contribution in [3.63, 3.8) is 0 Å². The van der Waals surface area contributed by atoms with Gasteiger partial charge in [0.1, 0.15) is 4.90 Å². The number of pyridine rings is 1. The van der Waals surface area contributed by atoms with E-state index in [9.17, 15) is 13.2 Å². The molecule has 0 aliphatic rings. The molecule has 100 valence electrons. The first-order valence-electron chi connectivity index (χ1n) is 5.47. The second-order valence-corrected chi connectivity index (χ2v) is 6.00. The molecule has 0 bridgehead atoms. The summed E-state index contributed by atoms with van der Waals surface area (Å²) in [6, 6.07) is 2.91. The number of carbonyl (C=O) groups is 1. The van der Waals surface area contributed by atoms with Crippen LogP contribution >= 0.6 is 0 Å². The van der Waals surface area contributed by atoms with Crippen molar-refractivity contribution in [1.29, 1.82) is 0 Å². The Morgan fingerprint density at radius 3 is 2.61 bits per heavy atom. The van der Waals surface area contributed by atoms with E-state index in [2.05, 4.69) is 9.71 Å². The van der Waals surface area contributed by atoms with E-state index in [0.717, 1.165) is 0 Å². The van der Waals surface area contributed by atoms with Crippen LogP contribution in [-0.2, 0) is 14.8 Å². The first-order chi connectivity index (χ1) is 8.34. The highest BCUT2D eigenvalue weighted by molar-refractivity contribution is 7.89. The van der Waals surface area contributed by atoms with Crippen LogP contribution in [0, 0.1) is 11.8 Å². The summed E-state index contributed by atoms with van der Waals surface area (Å²) in [5.74, 6) is -1.92. The summed E-state index contributed by atoms with van der Waals surface area (Å²) in [6.07, 6.45) is 2.68. The number of aliphatic carboxylic acids is 1. The highest BCUT2D eigenvalue weighted by Crippen LogP contribution is 2.12. The Bertz CT molecular complexity index is 499. The molecule has 0 radical (unpaired) electrons. The lowest BCUT2D eigenvalue weighted by atomic mass is 9.97. The zero-order chi connectivity index (χ0) is 13.8. The van der Waals surface area contributed by atoms with Crippen molar-refractivity contribution in [2.24, 2.45) is 11.8 Å². The normalized spacial score (nSPS) is 13.5. The van der Waals surface area contributed by atoms with Gasteiger partial charge in [-0.25, -0.2) is 13.1 Å². The molecule has 7 heteroatoms. The molecule has 2 N–H and O–H groups in total. The van der Waals surface area contributed by atoms with Crippen LogP contribution in [0.5, 0.6) is 0 Å². The second-order valence-electron chi connectivity index (χ2n) is 4.23. The molecular weight excluding hydrogens is 256 g/mol. The molecule has 1 aromatic rings. The highest BCUT2D eigenvalue weighted by atomic mass is 32.2. The van der Waals surface area contributed by atoms with Crippen LogP contribution in [0.2, 0.25) is 0 Å². The minimum atomic E-state index is -3.70. The maximum absolute atomic E-state index is 11.8. The van der Waals surface area contributed by atoms with Gasteiger partial charge in [-0.05, 0) is 18.1 Å². The molecule has 0 saturated heterocycles. The maximum atomic E-state index is 11.8. The van der Waals surface area contributed by atoms with E-state index in [0.29, 0.717) is 0 Å². The fourth-order valence-electron chi connectivity index (χ4n) is 1.40. The lowest BCUT2D eigenvalue weighted by Gasteiger charge is -2.16. The summed E-state index contributed by atoms with van der Waals surface area (Å²) in [6.45, 7) is 3.33. The lowest BCUT2D eigenvalue weighted by molar-refractivity contribution is -0.142. The molecule has 6 nitrogen and oxygen atoms in total. The topological polar surface area (TPSA) is 96.4 Å². The first-order valence-corrected chi connectivity index (χ1v) is 6.95. The van der Waals surface area contributed by atoms with Crippen LogP contribution in [0.1, 0.15) is 13.8 Å². The molecule has 0 saturated carbocycles. The SMILES string of the molecule is CC(C)C(CNS(=O)(=O)c1cccnc1)C(=O)O. The van der Waals surface area contributed by atoms with Gasteiger partial charge in [0.25, 0.3) is 0 Å². The molecule has 18 heavy (non-hydrogen) atoms. The predicted molar refractivity (Wildman–Crippen MR) is 65.4 cm³/mol. The third-order valence-corrected chi connectivity index (χ3v) is 3.97. The van der Waals surface area contributed by atoms with Crippen molar-refractivity contribution in [1.82, 2.24) is 9.71 Å². The Morgan fingerprint density at radius 2 is 2.17 bits per heavy atom. The molecule has 0 aromatic carbocycles. The van der Waals surface area contributed by atoms with Gasteiger partial charge in [-0.3, -0.25) is 9.78 Å². The minimum Gasteiger partial charge on any atom is -0.481 e. The average molecular weight is 272 g/mol. The Morgan fingerprint density at radius 1 is 1.50 bits per heavy atom. The third kappa shape index (κ3) is 3.78. The van der Waals surface area contributed by atoms with Gasteiger partial charge in [-0.1, -0.05) is 13.8 Å². The second kappa shape index (κ2) is 5.92. The van der Waals surface area contributed by atoms with Gasteiger partial charge in [0.15, 0.2) is 0 Å². The van der Waals surface area contributed by atoms with Crippen LogP contribution in [0.15, 0.2) is 29.4 Å². The Balaban J connectivity index is 2.76. The standard InChI is InChI=1S/C11H16N2O4S/c1-8(2)10(11(14)15)7-13-18(16,17)9-4-3-5-12-6-9/h3-6,8,10,13H,7H2,1-2H3,(H,14,15). The lowest BCUT2D eigenvalue weighted by Crippen LogP contribution is -2.35. The highest BCUT2D eigenvalue weighted by Gasteiger charge is 2.24. The van der Waals surface area contributed by atoms with E-state index in [-0.39, 0.29) is 17.4 Å². The smallest absolute Gasteiger partial charge is 0.308 e. The fourth-order valence-corrected chi connectivity index (χ4v) is 2.42. The molecule has 1 heterocycles. The summed E-state index contributed by atoms with van der Waals surface area (Å²) in [4.78, 5) is 14.7. The number of nitrogens with zero attached hydrogens (tertiary/aromatic N) is 1. The van der Waals surface area contributed by atoms with Gasteiger partial charge in [-0.15, -0.1) is 0 Å². The van der Waals surface area contributed by atoms with Crippen LogP contribution in [-0.4, -0.2) is 31.0 Å². The zero-order valence-electron chi connectivity index (χ0n) is 10.2. The van der Waals surface area contributed by atoms with Crippen molar-refractivity contribution >= 4 is 16.0 Å². The molecule has 0 fully saturated rings. The summed E-state index contributed by atoms with van der Waals surface area (Å²) < 4.78 is 26.0. The molecule has 1 unspecified atom stereocenters. The van der Waals surface area contributed by atoms with E-state index in [4.69, 9.17) is 5.11 Å². The Labute approximate surface area is 106 Å². The number of carboxylic acids is 1. The molecule has 0 amide bonds. The summed E-state index contributed by atoms with van der Waals surface area (Å²) in [5, 5.41) is 8.96. The number of aromatic nitrogens is 1. The van der Waals surface area contributed by atoms with Crippen molar-refractivity contribution in [3.8, 4) is 0 Å². The first kappa shape index (κ1) is 14.6. The van der Waals surface area contributed by atoms with Gasteiger partial charge in [-0.2, -0.15) is 0 Å². The largest absolute Gasteiger partial charge is 0.481 e. The number of hydrogen-bond acceptors (Lipinski definition) is 4. The molecule has 1 aromatic heterocycles. The average Bonchev–Trinajstić information content (AvgIpc) is 2.29. The summed E-state index contributed by atoms with van der Waals surface area (Å²) >= 11 is 0. The quantitative estimate of drug-likeness (QED) is 0.795. The molecular formula is C11H16N2O4S. The molecule has 1 rings (SSSR count). The van der Waals surface area contributed by atoms with Gasteiger partial charge in [0.2, 0.25) is 10.0 Å². The van der Waals surface area contributed by atoms with Crippen LogP contribution in [0.4, 0.5) is 0 Å². The predicted octanol–water partition coefficient (Wildman–Crippen LogP) is 0.717. The van der Waals surface area contributed by atoms with Gasteiger partial charge in [0.05, 0.1) is 5.92 Å². The maximum Gasteiger partial charge on any atom is 0.308 e. The monoisotopic (exact) mass is 272 g/mol. The van der Waals surface area contributed by atoms with E-state index in [1.807, 2.05) is 0 Å². The summed E-state index contributed by atoms with van der Waals surface area (Å²) in [5.41, 5.74) is 0. The third-order valence-electron chi connectivity index (χ3n) is 2.56. The summed E-state index contributed by atoms with van der Waals surface area (Å²) in [7, 11) is -3.70. The van der Waals surface area contributed by atoms with Gasteiger partial charge >= 0.3 is 5.97 Å². The van der Waals surface area contributed by atoms with Crippen LogP contribution < -0.4 is 4.72 Å². The number of sulfonamides is 1. The number of carboxylic acid groups (broad SMARTS) is 1. The fraction of sp³-hybridized carbons (Fsp3) is 0.455. The van der Waals surface area contributed by atoms with E-state index in [1.54, 1.807) is 13.8 Å². The van der Waals surface area contributed by atoms with E-state index in [1.165, 1.54) is 24.5 Å². The molecule has 0 aliphatic carbocycles. The van der Waals surface area contributed by atoms with Crippen molar-refractivity contribution in [3.05, 3.63) is 24.5 Å². The zero-order valence-corrected chi connectivity index (χ0v) is 11.0.